The van der Waals surface area contributed by atoms with E-state index in [1.807, 2.05) is 54.6 Å². The molecule has 31 heavy (non-hydrogen) atoms. The van der Waals surface area contributed by atoms with Gasteiger partial charge in [0.15, 0.2) is 5.69 Å². The summed E-state index contributed by atoms with van der Waals surface area (Å²) in [7, 11) is 0. The van der Waals surface area contributed by atoms with Crippen LogP contribution in [0.2, 0.25) is 0 Å². The summed E-state index contributed by atoms with van der Waals surface area (Å²) in [6.45, 7) is 2.08. The van der Waals surface area contributed by atoms with Gasteiger partial charge >= 0.3 is 0 Å². The number of hydrogen-bond donors (Lipinski definition) is 2. The Morgan fingerprint density at radius 2 is 2.06 bits per heavy atom. The molecule has 0 bridgehead atoms. The number of nitrogens with one attached hydrogen (secondary N) is 1. The highest BCUT2D eigenvalue weighted by atomic mass is 16.6. The quantitative estimate of drug-likeness (QED) is 0.342. The van der Waals surface area contributed by atoms with Crippen LogP contribution in [0.25, 0.3) is 5.82 Å². The lowest BCUT2D eigenvalue weighted by molar-refractivity contribution is 0.0946. The Hall–Kier alpha value is -4.54. The van der Waals surface area contributed by atoms with Crippen LogP contribution in [0.3, 0.4) is 0 Å². The number of nitrogen functional groups attached to an aromatic ring is 1. The van der Waals surface area contributed by atoms with Crippen molar-refractivity contribution in [1.82, 2.24) is 30.7 Å². The molecule has 11 nitrogen and oxygen atoms in total. The Labute approximate surface area is 176 Å². The number of hydrogen-bond acceptors (Lipinski definition) is 9. The predicted octanol–water partition coefficient (Wildman–Crippen LogP) is 1.88. The minimum absolute atomic E-state index is 0.0187. The van der Waals surface area contributed by atoms with Gasteiger partial charge < -0.3 is 10.5 Å². The Balaban J connectivity index is 1.42. The molecule has 0 spiro atoms. The second-order valence-corrected chi connectivity index (χ2v) is 6.45. The Morgan fingerprint density at radius 1 is 1.23 bits per heavy atom. The molecule has 0 aliphatic carbocycles. The highest BCUT2D eigenvalue weighted by Crippen LogP contribution is 2.16. The molecular formula is C20H18N8O3. The summed E-state index contributed by atoms with van der Waals surface area (Å²) < 4.78 is 11.5. The van der Waals surface area contributed by atoms with E-state index >= 15 is 0 Å². The lowest BCUT2D eigenvalue weighted by atomic mass is 10.2. The van der Waals surface area contributed by atoms with E-state index in [2.05, 4.69) is 35.8 Å². The summed E-state index contributed by atoms with van der Waals surface area (Å²) in [5.74, 6) is 0.191. The number of carbonyl (C=O) groups is 1. The maximum atomic E-state index is 12.6. The summed E-state index contributed by atoms with van der Waals surface area (Å²) in [5.41, 5.74) is 10.4. The second-order valence-electron chi connectivity index (χ2n) is 6.45. The molecule has 0 radical (unpaired) electrons. The number of nitrogens with zero attached hydrogens (tertiary/aromatic N) is 6. The van der Waals surface area contributed by atoms with E-state index in [4.69, 9.17) is 10.5 Å². The zero-order chi connectivity index (χ0) is 21.6. The van der Waals surface area contributed by atoms with Crippen LogP contribution in [-0.4, -0.2) is 37.4 Å². The molecule has 0 aliphatic heterocycles. The Kier molecular flexibility index (Phi) is 5.65. The molecule has 4 rings (SSSR count). The minimum Gasteiger partial charge on any atom is -0.489 e. The van der Waals surface area contributed by atoms with Gasteiger partial charge in [0.25, 0.3) is 5.91 Å². The summed E-state index contributed by atoms with van der Waals surface area (Å²) in [6, 6.07) is 17.2. The van der Waals surface area contributed by atoms with Crippen molar-refractivity contribution in [2.45, 2.75) is 13.5 Å². The SMILES string of the molecule is Cc1nnn(-c2nonc2N)c1C(=O)N/N=C/c1cccc(OCc2ccccc2)c1. The van der Waals surface area contributed by atoms with Crippen molar-refractivity contribution in [2.24, 2.45) is 5.10 Å². The molecule has 3 N–H and O–H groups in total. The largest absolute Gasteiger partial charge is 0.489 e. The second kappa shape index (κ2) is 8.86. The standard InChI is InChI=1S/C20H18N8O3/c1-13-17(28(27-23-13)19-18(21)25-31-26-19)20(29)24-22-11-15-8-5-9-16(10-15)30-12-14-6-3-2-4-7-14/h2-11H,12H2,1H3,(H2,21,25)(H,24,29)/b22-11+. The Morgan fingerprint density at radius 3 is 2.84 bits per heavy atom. The van der Waals surface area contributed by atoms with E-state index < -0.39 is 5.91 Å². The fourth-order valence-corrected chi connectivity index (χ4v) is 2.75. The molecule has 0 aliphatic rings. The molecule has 156 valence electrons. The predicted molar refractivity (Wildman–Crippen MR) is 111 cm³/mol. The summed E-state index contributed by atoms with van der Waals surface area (Å²) >= 11 is 0. The van der Waals surface area contributed by atoms with E-state index in [-0.39, 0.29) is 17.3 Å². The van der Waals surface area contributed by atoms with Crippen LogP contribution in [0.5, 0.6) is 5.75 Å². The molecule has 11 heteroatoms. The van der Waals surface area contributed by atoms with Crippen molar-refractivity contribution in [3.8, 4) is 11.6 Å². The molecule has 0 fully saturated rings. The first-order chi connectivity index (χ1) is 15.1. The van der Waals surface area contributed by atoms with Crippen molar-refractivity contribution >= 4 is 17.9 Å². The van der Waals surface area contributed by atoms with Gasteiger partial charge in [-0.05, 0) is 40.5 Å². The summed E-state index contributed by atoms with van der Waals surface area (Å²) in [6.07, 6.45) is 1.50. The topological polar surface area (TPSA) is 146 Å². The molecule has 0 unspecified atom stereocenters. The van der Waals surface area contributed by atoms with Crippen molar-refractivity contribution in [3.05, 3.63) is 77.1 Å². The van der Waals surface area contributed by atoms with E-state index in [0.29, 0.717) is 18.1 Å². The van der Waals surface area contributed by atoms with Gasteiger partial charge in [-0.2, -0.15) is 9.78 Å². The van der Waals surface area contributed by atoms with Gasteiger partial charge in [0.2, 0.25) is 11.6 Å². The van der Waals surface area contributed by atoms with E-state index in [9.17, 15) is 4.79 Å². The molecule has 2 aromatic carbocycles. The number of rotatable bonds is 7. The average Bonchev–Trinajstić information content (AvgIpc) is 3.38. The number of aromatic nitrogens is 5. The molecule has 0 atom stereocenters. The number of ether oxygens (including phenoxy) is 1. The maximum absolute atomic E-state index is 12.6. The van der Waals surface area contributed by atoms with E-state index in [0.717, 1.165) is 15.8 Å². The Bertz CT molecular complexity index is 1220. The molecule has 2 heterocycles. The summed E-state index contributed by atoms with van der Waals surface area (Å²) in [4.78, 5) is 12.6. The van der Waals surface area contributed by atoms with Gasteiger partial charge in [-0.25, -0.2) is 10.1 Å². The number of anilines is 1. The zero-order valence-electron chi connectivity index (χ0n) is 16.5. The zero-order valence-corrected chi connectivity index (χ0v) is 16.5. The number of aryl methyl sites for hydroxylation is 1. The highest BCUT2D eigenvalue weighted by molar-refractivity contribution is 5.94. The van der Waals surface area contributed by atoms with Gasteiger partial charge in [-0.3, -0.25) is 4.79 Å². The molecule has 0 saturated heterocycles. The third-order valence-corrected chi connectivity index (χ3v) is 4.24. The van der Waals surface area contributed by atoms with Crippen molar-refractivity contribution in [1.29, 1.82) is 0 Å². The molecule has 1 amide bonds. The first-order valence-electron chi connectivity index (χ1n) is 9.22. The van der Waals surface area contributed by atoms with Gasteiger partial charge in [0, 0.05) is 0 Å². The van der Waals surface area contributed by atoms with Crippen LogP contribution in [0.1, 0.15) is 27.3 Å². The fraction of sp³-hybridized carbons (Fsp3) is 0.100. The number of amides is 1. The minimum atomic E-state index is -0.544. The van der Waals surface area contributed by atoms with Crippen LogP contribution < -0.4 is 15.9 Å². The van der Waals surface area contributed by atoms with Crippen LogP contribution in [0, 0.1) is 6.92 Å². The average molecular weight is 418 g/mol. The first kappa shape index (κ1) is 19.8. The highest BCUT2D eigenvalue weighted by Gasteiger charge is 2.22. The van der Waals surface area contributed by atoms with Crippen molar-refractivity contribution in [3.63, 3.8) is 0 Å². The lowest BCUT2D eigenvalue weighted by Crippen LogP contribution is -2.22. The molecule has 0 saturated carbocycles. The van der Waals surface area contributed by atoms with Gasteiger partial charge in [0.05, 0.1) is 11.9 Å². The third kappa shape index (κ3) is 4.56. The monoisotopic (exact) mass is 418 g/mol. The van der Waals surface area contributed by atoms with Crippen LogP contribution >= 0.6 is 0 Å². The van der Waals surface area contributed by atoms with Crippen molar-refractivity contribution in [2.75, 3.05) is 5.73 Å². The maximum Gasteiger partial charge on any atom is 0.292 e. The smallest absolute Gasteiger partial charge is 0.292 e. The normalized spacial score (nSPS) is 11.0. The van der Waals surface area contributed by atoms with Crippen LogP contribution in [-0.2, 0) is 6.61 Å². The number of benzene rings is 2. The number of hydrazone groups is 1. The number of carbonyl (C=O) groups excluding carboxylic acids is 1. The van der Waals surface area contributed by atoms with Gasteiger partial charge in [-0.1, -0.05) is 47.7 Å². The fourth-order valence-electron chi connectivity index (χ4n) is 2.75. The van der Waals surface area contributed by atoms with Crippen LogP contribution in [0.4, 0.5) is 5.82 Å². The molecular weight excluding hydrogens is 400 g/mol. The van der Waals surface area contributed by atoms with Gasteiger partial charge in [-0.15, -0.1) is 5.10 Å². The van der Waals surface area contributed by atoms with E-state index in [1.165, 1.54) is 6.21 Å². The summed E-state index contributed by atoms with van der Waals surface area (Å²) in [5, 5.41) is 18.9. The molecule has 2 aromatic heterocycles. The third-order valence-electron chi connectivity index (χ3n) is 4.24. The lowest BCUT2D eigenvalue weighted by Gasteiger charge is -2.07. The van der Waals surface area contributed by atoms with Gasteiger partial charge in [0.1, 0.15) is 12.4 Å². The number of nitrogens with two attached hydrogens (primary N) is 1. The van der Waals surface area contributed by atoms with E-state index in [1.54, 1.807) is 6.92 Å². The molecule has 4 aromatic rings. The van der Waals surface area contributed by atoms with Crippen LogP contribution in [0.15, 0.2) is 64.3 Å². The first-order valence-corrected chi connectivity index (χ1v) is 9.22. The van der Waals surface area contributed by atoms with Crippen molar-refractivity contribution < 1.29 is 14.2 Å².